The Morgan fingerprint density at radius 1 is 1.11 bits per heavy atom. The molecule has 3 fully saturated rings. The summed E-state index contributed by atoms with van der Waals surface area (Å²) < 4.78 is 70.4. The number of nitrogens with one attached hydrogen (secondary N) is 2. The van der Waals surface area contributed by atoms with E-state index in [0.717, 1.165) is 42.8 Å². The number of fused-ring (bicyclic) bond motifs is 2. The van der Waals surface area contributed by atoms with E-state index in [0.29, 0.717) is 11.8 Å². The van der Waals surface area contributed by atoms with Gasteiger partial charge in [-0.1, -0.05) is 18.2 Å². The number of carbonyl (C=O) groups is 1. The molecule has 11 heteroatoms. The predicted molar refractivity (Wildman–Crippen MR) is 132 cm³/mol. The molecule has 2 aliphatic carbocycles. The number of hydrogen-bond donors (Lipinski definition) is 2. The van der Waals surface area contributed by atoms with E-state index >= 15 is 0 Å². The number of rotatable bonds is 7. The molecule has 2 bridgehead atoms. The van der Waals surface area contributed by atoms with Crippen molar-refractivity contribution in [3.63, 3.8) is 0 Å². The quantitative estimate of drug-likeness (QED) is 0.480. The Hall–Kier alpha value is -2.95. The summed E-state index contributed by atoms with van der Waals surface area (Å²) in [4.78, 5) is 28.6. The third-order valence-electron chi connectivity index (χ3n) is 8.35. The molecule has 2 aromatic rings. The molecule has 1 aromatic carbocycles. The van der Waals surface area contributed by atoms with Crippen molar-refractivity contribution in [3.05, 3.63) is 63.3 Å². The number of pyridine rings is 1. The van der Waals surface area contributed by atoms with Crippen molar-refractivity contribution in [2.24, 2.45) is 11.8 Å². The Bertz CT molecular complexity index is 1270. The first-order valence-electron chi connectivity index (χ1n) is 12.9. The summed E-state index contributed by atoms with van der Waals surface area (Å²) >= 11 is 0. The SMILES string of the molecule is C[C@@H](NC(=O)c1cn([C@@H]2CCC2(F)F)c(=O)cc1N[C@H]1[C@@H]2CC[C@H]1CN(C)C2)c1cccc(C(F)F)c1F. The first-order valence-corrected chi connectivity index (χ1v) is 12.9. The van der Waals surface area contributed by atoms with Crippen LogP contribution in [0.2, 0.25) is 0 Å². The van der Waals surface area contributed by atoms with Crippen molar-refractivity contribution in [2.45, 2.75) is 63.1 Å². The van der Waals surface area contributed by atoms with E-state index in [1.165, 1.54) is 25.1 Å². The maximum absolute atomic E-state index is 14.7. The molecule has 0 radical (unpaired) electrons. The second-order valence-corrected chi connectivity index (χ2v) is 10.9. The monoisotopic (exact) mass is 538 g/mol. The molecule has 3 aliphatic rings. The molecular weight excluding hydrogens is 507 g/mol. The Balaban J connectivity index is 1.47. The van der Waals surface area contributed by atoms with Crippen LogP contribution in [0.25, 0.3) is 0 Å². The summed E-state index contributed by atoms with van der Waals surface area (Å²) in [6.07, 6.45) is -0.130. The van der Waals surface area contributed by atoms with Gasteiger partial charge in [0.1, 0.15) is 11.9 Å². The summed E-state index contributed by atoms with van der Waals surface area (Å²) in [6.45, 7) is 3.17. The van der Waals surface area contributed by atoms with Crippen molar-refractivity contribution in [1.29, 1.82) is 0 Å². The first kappa shape index (κ1) is 26.6. The normalized spacial score (nSPS) is 27.2. The molecule has 5 rings (SSSR count). The zero-order valence-electron chi connectivity index (χ0n) is 21.2. The zero-order valence-corrected chi connectivity index (χ0v) is 21.2. The van der Waals surface area contributed by atoms with Gasteiger partial charge in [0.15, 0.2) is 0 Å². The summed E-state index contributed by atoms with van der Waals surface area (Å²) in [5, 5.41) is 5.97. The van der Waals surface area contributed by atoms with Crippen LogP contribution < -0.4 is 16.2 Å². The van der Waals surface area contributed by atoms with Gasteiger partial charge in [-0.2, -0.15) is 0 Å². The first-order chi connectivity index (χ1) is 18.0. The molecule has 1 aromatic heterocycles. The van der Waals surface area contributed by atoms with Crippen LogP contribution in [-0.2, 0) is 0 Å². The standard InChI is InChI=1S/C27H31F5N4O2/c1-14(17-4-3-5-18(23(17)28)25(29)30)33-26(38)19-13-36(21-8-9-27(21,31)32)22(37)10-20(19)34-24-15-6-7-16(24)12-35(2)11-15/h3-5,10,13-16,21,24-25,34H,6-9,11-12H2,1-2H3,(H,33,38)/t14-,15-,16+,21-,24+/m1/s1. The van der Waals surface area contributed by atoms with Gasteiger partial charge in [-0.15, -0.1) is 0 Å². The fourth-order valence-electron chi connectivity index (χ4n) is 6.22. The number of halogens is 5. The molecule has 2 saturated carbocycles. The van der Waals surface area contributed by atoms with Gasteiger partial charge in [-0.05, 0) is 45.1 Å². The minimum absolute atomic E-state index is 0.00994. The van der Waals surface area contributed by atoms with Crippen molar-refractivity contribution in [1.82, 2.24) is 14.8 Å². The number of alkyl halides is 4. The third kappa shape index (κ3) is 4.81. The minimum Gasteiger partial charge on any atom is -0.381 e. The topological polar surface area (TPSA) is 66.4 Å². The van der Waals surface area contributed by atoms with Crippen molar-refractivity contribution >= 4 is 11.6 Å². The summed E-state index contributed by atoms with van der Waals surface area (Å²) in [5.74, 6) is -4.29. The maximum atomic E-state index is 14.7. The Kier molecular flexibility index (Phi) is 7.00. The summed E-state index contributed by atoms with van der Waals surface area (Å²) in [7, 11) is 2.05. The van der Waals surface area contributed by atoms with Gasteiger partial charge in [0.05, 0.1) is 22.9 Å². The van der Waals surface area contributed by atoms with Crippen molar-refractivity contribution < 1.29 is 26.7 Å². The number of carbonyl (C=O) groups excluding carboxylic acids is 1. The van der Waals surface area contributed by atoms with Crippen LogP contribution in [0, 0.1) is 17.7 Å². The zero-order chi connectivity index (χ0) is 27.4. The highest BCUT2D eigenvalue weighted by atomic mass is 19.3. The van der Waals surface area contributed by atoms with Crippen LogP contribution in [-0.4, -0.2) is 47.5 Å². The van der Waals surface area contributed by atoms with Gasteiger partial charge in [0, 0.05) is 43.4 Å². The average molecular weight is 539 g/mol. The van der Waals surface area contributed by atoms with Gasteiger partial charge >= 0.3 is 0 Å². The molecule has 0 unspecified atom stereocenters. The number of benzene rings is 1. The molecule has 5 atom stereocenters. The highest BCUT2D eigenvalue weighted by Gasteiger charge is 2.50. The number of amides is 1. The van der Waals surface area contributed by atoms with E-state index in [9.17, 15) is 31.5 Å². The van der Waals surface area contributed by atoms with E-state index in [1.54, 1.807) is 0 Å². The van der Waals surface area contributed by atoms with Gasteiger partial charge < -0.3 is 20.1 Å². The molecule has 1 saturated heterocycles. The van der Waals surface area contributed by atoms with Gasteiger partial charge in [-0.3, -0.25) is 9.59 Å². The lowest BCUT2D eigenvalue weighted by molar-refractivity contribution is -0.123. The van der Waals surface area contributed by atoms with E-state index in [2.05, 4.69) is 15.5 Å². The molecule has 1 amide bonds. The summed E-state index contributed by atoms with van der Waals surface area (Å²) in [6, 6.07) is 2.40. The molecule has 2 heterocycles. The minimum atomic E-state index is -3.06. The number of anilines is 1. The van der Waals surface area contributed by atoms with E-state index in [1.807, 2.05) is 7.05 Å². The second-order valence-electron chi connectivity index (χ2n) is 10.9. The van der Waals surface area contributed by atoms with Crippen LogP contribution in [0.3, 0.4) is 0 Å². The number of nitrogens with zero attached hydrogens (tertiary/aromatic N) is 2. The lowest BCUT2D eigenvalue weighted by Crippen LogP contribution is -2.47. The lowest BCUT2D eigenvalue weighted by Gasteiger charge is -2.39. The second kappa shape index (κ2) is 9.98. The molecule has 2 N–H and O–H groups in total. The van der Waals surface area contributed by atoms with E-state index in [4.69, 9.17) is 0 Å². The van der Waals surface area contributed by atoms with Crippen LogP contribution >= 0.6 is 0 Å². The molecule has 0 spiro atoms. The van der Waals surface area contributed by atoms with Crippen LogP contribution in [0.4, 0.5) is 27.6 Å². The van der Waals surface area contributed by atoms with Gasteiger partial charge in [0.2, 0.25) is 0 Å². The third-order valence-corrected chi connectivity index (χ3v) is 8.35. The van der Waals surface area contributed by atoms with Gasteiger partial charge in [-0.25, -0.2) is 22.0 Å². The highest BCUT2D eigenvalue weighted by molar-refractivity contribution is 5.99. The fourth-order valence-corrected chi connectivity index (χ4v) is 6.22. The number of piperidine rings is 1. The predicted octanol–water partition coefficient (Wildman–Crippen LogP) is 5.14. The van der Waals surface area contributed by atoms with Crippen LogP contribution in [0.15, 0.2) is 35.3 Å². The summed E-state index contributed by atoms with van der Waals surface area (Å²) in [5.41, 5.74) is -1.34. The smallest absolute Gasteiger partial charge is 0.268 e. The number of likely N-dealkylation sites (tertiary alicyclic amines) is 1. The molecule has 1 aliphatic heterocycles. The van der Waals surface area contributed by atoms with Crippen molar-refractivity contribution in [3.8, 4) is 0 Å². The van der Waals surface area contributed by atoms with Crippen molar-refractivity contribution in [2.75, 3.05) is 25.5 Å². The Morgan fingerprint density at radius 3 is 2.34 bits per heavy atom. The number of hydrogen-bond acceptors (Lipinski definition) is 4. The van der Waals surface area contributed by atoms with Gasteiger partial charge in [0.25, 0.3) is 23.8 Å². The highest BCUT2D eigenvalue weighted by Crippen LogP contribution is 2.46. The Morgan fingerprint density at radius 2 is 1.76 bits per heavy atom. The number of aromatic nitrogens is 1. The Labute approximate surface area is 217 Å². The molecule has 206 valence electrons. The van der Waals surface area contributed by atoms with E-state index < -0.39 is 47.3 Å². The average Bonchev–Trinajstić information content (AvgIpc) is 3.07. The molecule has 6 nitrogen and oxygen atoms in total. The van der Waals surface area contributed by atoms with Crippen LogP contribution in [0.5, 0.6) is 0 Å². The largest absolute Gasteiger partial charge is 0.381 e. The van der Waals surface area contributed by atoms with Crippen LogP contribution in [0.1, 0.15) is 72.6 Å². The fraction of sp³-hybridized carbons (Fsp3) is 0.556. The lowest BCUT2D eigenvalue weighted by atomic mass is 9.87. The molecule has 38 heavy (non-hydrogen) atoms. The molecular formula is C27H31F5N4O2. The van der Waals surface area contributed by atoms with E-state index in [-0.39, 0.29) is 35.7 Å². The maximum Gasteiger partial charge on any atom is 0.268 e.